The number of para-hydroxylation sites is 1. The molecule has 258 valence electrons. The van der Waals surface area contributed by atoms with Crippen LogP contribution in [-0.2, 0) is 24.6 Å². The second-order valence-electron chi connectivity index (χ2n) is 13.7. The van der Waals surface area contributed by atoms with Crippen LogP contribution in [0, 0.1) is 30.6 Å². The number of benzene rings is 4. The molecule has 0 spiro atoms. The lowest BCUT2D eigenvalue weighted by Crippen LogP contribution is -2.53. The molecule has 4 aromatic carbocycles. The van der Waals surface area contributed by atoms with Gasteiger partial charge < -0.3 is 14.6 Å². The number of methoxy groups -OCH3 is 2. The third-order valence-corrected chi connectivity index (χ3v) is 11.2. The highest BCUT2D eigenvalue weighted by molar-refractivity contribution is 6.22. The van der Waals surface area contributed by atoms with Crippen molar-refractivity contribution in [2.75, 3.05) is 24.5 Å². The van der Waals surface area contributed by atoms with Crippen molar-refractivity contribution in [2.24, 2.45) is 23.7 Å². The van der Waals surface area contributed by atoms with Crippen molar-refractivity contribution in [3.63, 3.8) is 0 Å². The SMILES string of the molecule is COc1cc(O)c([C@H]2C3=CC[C@@H]4C(=O)N(c5ccccc5)C(=O)[C@@H]4[C@@H]3C[C@H]3C(=O)N(Nc4ccc(C)cc4)C(=O)[C@@]23c2ccccc2)c(OC)c1. The minimum Gasteiger partial charge on any atom is -0.507 e. The van der Waals surface area contributed by atoms with Gasteiger partial charge in [-0.3, -0.25) is 29.5 Å². The largest absolute Gasteiger partial charge is 0.507 e. The molecule has 8 rings (SSSR count). The number of amides is 4. The summed E-state index contributed by atoms with van der Waals surface area (Å²) in [5.74, 6) is -5.10. The van der Waals surface area contributed by atoms with Crippen LogP contribution in [0.5, 0.6) is 17.2 Å². The maximum Gasteiger partial charge on any atom is 0.260 e. The summed E-state index contributed by atoms with van der Waals surface area (Å²) in [5.41, 5.74) is 5.20. The summed E-state index contributed by atoms with van der Waals surface area (Å²) in [6.45, 7) is 1.95. The predicted octanol–water partition coefficient (Wildman–Crippen LogP) is 5.91. The van der Waals surface area contributed by atoms with Crippen molar-refractivity contribution in [3.8, 4) is 17.2 Å². The van der Waals surface area contributed by atoms with E-state index in [4.69, 9.17) is 9.47 Å². The van der Waals surface area contributed by atoms with Gasteiger partial charge >= 0.3 is 0 Å². The third-order valence-electron chi connectivity index (χ3n) is 11.2. The van der Waals surface area contributed by atoms with E-state index in [-0.39, 0.29) is 36.2 Å². The molecule has 1 saturated carbocycles. The maximum absolute atomic E-state index is 15.4. The zero-order valence-corrected chi connectivity index (χ0v) is 28.4. The van der Waals surface area contributed by atoms with Gasteiger partial charge in [0.2, 0.25) is 11.8 Å². The van der Waals surface area contributed by atoms with Crippen LogP contribution in [0.25, 0.3) is 0 Å². The number of carbonyl (C=O) groups is 4. The summed E-state index contributed by atoms with van der Waals surface area (Å²) in [6.07, 6.45) is 2.34. The van der Waals surface area contributed by atoms with Gasteiger partial charge in [0, 0.05) is 23.6 Å². The van der Waals surface area contributed by atoms with Crippen LogP contribution in [0.3, 0.4) is 0 Å². The molecule has 2 saturated heterocycles. The number of hydrogen-bond acceptors (Lipinski definition) is 8. The zero-order chi connectivity index (χ0) is 35.6. The van der Waals surface area contributed by atoms with Crippen LogP contribution in [0.15, 0.2) is 109 Å². The summed E-state index contributed by atoms with van der Waals surface area (Å²) in [7, 11) is 2.95. The second-order valence-corrected chi connectivity index (χ2v) is 13.7. The van der Waals surface area contributed by atoms with Crippen molar-refractivity contribution >= 4 is 35.0 Å². The van der Waals surface area contributed by atoms with E-state index in [9.17, 15) is 19.5 Å². The zero-order valence-electron chi connectivity index (χ0n) is 28.4. The molecular weight excluding hydrogens is 646 g/mol. The van der Waals surface area contributed by atoms with E-state index in [1.54, 1.807) is 42.5 Å². The molecular formula is C41H37N3O7. The highest BCUT2D eigenvalue weighted by Gasteiger charge is 2.71. The Morgan fingerprint density at radius 2 is 1.49 bits per heavy atom. The maximum atomic E-state index is 15.4. The molecule has 2 aliphatic heterocycles. The van der Waals surface area contributed by atoms with Gasteiger partial charge in [0.15, 0.2) is 0 Å². The molecule has 3 fully saturated rings. The number of fused-ring (bicyclic) bond motifs is 4. The van der Waals surface area contributed by atoms with Crippen molar-refractivity contribution in [3.05, 3.63) is 125 Å². The summed E-state index contributed by atoms with van der Waals surface area (Å²) >= 11 is 0. The number of allylic oxidation sites excluding steroid dienone is 2. The highest BCUT2D eigenvalue weighted by Crippen LogP contribution is 2.66. The van der Waals surface area contributed by atoms with Crippen LogP contribution in [0.2, 0.25) is 0 Å². The fraction of sp³-hybridized carbons (Fsp3) is 0.268. The fourth-order valence-electron chi connectivity index (χ4n) is 9.06. The third kappa shape index (κ3) is 4.69. The molecule has 4 amide bonds. The Bertz CT molecular complexity index is 2100. The van der Waals surface area contributed by atoms with Crippen molar-refractivity contribution in [2.45, 2.75) is 31.1 Å². The van der Waals surface area contributed by atoms with E-state index in [1.165, 1.54) is 25.2 Å². The first-order valence-corrected chi connectivity index (χ1v) is 17.1. The van der Waals surface area contributed by atoms with Crippen molar-refractivity contribution in [1.29, 1.82) is 0 Å². The van der Waals surface area contributed by atoms with Crippen LogP contribution in [0.4, 0.5) is 11.4 Å². The number of ether oxygens (including phenoxy) is 2. The van der Waals surface area contributed by atoms with E-state index >= 15 is 4.79 Å². The first-order valence-electron chi connectivity index (χ1n) is 17.1. The molecule has 2 heterocycles. The van der Waals surface area contributed by atoms with Crippen LogP contribution in [0.1, 0.15) is 35.4 Å². The molecule has 10 nitrogen and oxygen atoms in total. The minimum atomic E-state index is -1.56. The van der Waals surface area contributed by atoms with E-state index in [1.807, 2.05) is 61.5 Å². The fourth-order valence-corrected chi connectivity index (χ4v) is 9.06. The number of aromatic hydroxyl groups is 1. The number of rotatable bonds is 7. The molecule has 4 aromatic rings. The molecule has 0 radical (unpaired) electrons. The monoisotopic (exact) mass is 683 g/mol. The van der Waals surface area contributed by atoms with E-state index in [2.05, 4.69) is 5.43 Å². The summed E-state index contributed by atoms with van der Waals surface area (Å²) in [5, 5.41) is 13.0. The van der Waals surface area contributed by atoms with Gasteiger partial charge in [-0.15, -0.1) is 0 Å². The van der Waals surface area contributed by atoms with Gasteiger partial charge in [0.05, 0.1) is 48.8 Å². The molecule has 0 bridgehead atoms. The Morgan fingerprint density at radius 3 is 2.16 bits per heavy atom. The molecule has 0 unspecified atom stereocenters. The number of nitrogens with zero attached hydrogens (tertiary/aromatic N) is 2. The summed E-state index contributed by atoms with van der Waals surface area (Å²) < 4.78 is 11.4. The molecule has 10 heteroatoms. The molecule has 51 heavy (non-hydrogen) atoms. The standard InChI is InChI=1S/C41H37N3O7/c1-23-14-16-25(17-15-23)42-44-38(47)31-22-30-28(18-19-29-34(30)39(48)43(37(29)46)26-12-8-5-9-13-26)36(35-32(45)20-27(50-2)21-33(35)51-3)41(31,40(44)49)24-10-6-4-7-11-24/h4-18,20-21,29-31,34,36,42,45H,19,22H2,1-3H3/t29-,30+,31-,34-,36+,41+/m0/s1. The van der Waals surface area contributed by atoms with Crippen molar-refractivity contribution < 1.29 is 33.8 Å². The van der Waals surface area contributed by atoms with E-state index < -0.39 is 46.8 Å². The van der Waals surface area contributed by atoms with Crippen LogP contribution >= 0.6 is 0 Å². The van der Waals surface area contributed by atoms with E-state index in [0.29, 0.717) is 33.8 Å². The van der Waals surface area contributed by atoms with Gasteiger partial charge in [-0.2, -0.15) is 5.01 Å². The Hall–Kier alpha value is -5.90. The number of carbonyl (C=O) groups excluding carboxylic acids is 4. The first-order chi connectivity index (χ1) is 24.7. The average Bonchev–Trinajstić information content (AvgIpc) is 3.53. The Balaban J connectivity index is 1.36. The molecule has 2 aliphatic carbocycles. The number of phenolic OH excluding ortho intramolecular Hbond substituents is 1. The number of aryl methyl sites for hydroxylation is 1. The lowest BCUT2D eigenvalue weighted by molar-refractivity contribution is -0.138. The Kier molecular flexibility index (Phi) is 7.70. The number of nitrogens with one attached hydrogen (secondary N) is 1. The van der Waals surface area contributed by atoms with Crippen LogP contribution < -0.4 is 19.8 Å². The normalized spacial score (nSPS) is 26.7. The van der Waals surface area contributed by atoms with Gasteiger partial charge in [-0.05, 0) is 55.5 Å². The van der Waals surface area contributed by atoms with Gasteiger partial charge in [-0.1, -0.05) is 77.9 Å². The second kappa shape index (κ2) is 12.2. The lowest BCUT2D eigenvalue weighted by atomic mass is 9.49. The lowest BCUT2D eigenvalue weighted by Gasteiger charge is -2.50. The number of hydrazine groups is 1. The number of hydrogen-bond donors (Lipinski definition) is 2. The Labute approximate surface area is 295 Å². The first kappa shape index (κ1) is 32.3. The number of imide groups is 2. The van der Waals surface area contributed by atoms with Crippen LogP contribution in [-0.4, -0.2) is 48.0 Å². The smallest absolute Gasteiger partial charge is 0.260 e. The predicted molar refractivity (Wildman–Crippen MR) is 189 cm³/mol. The van der Waals surface area contributed by atoms with Crippen molar-refractivity contribution in [1.82, 2.24) is 5.01 Å². The number of phenols is 1. The molecule has 2 N–H and O–H groups in total. The van der Waals surface area contributed by atoms with E-state index in [0.717, 1.165) is 10.6 Å². The van der Waals surface area contributed by atoms with Gasteiger partial charge in [0.1, 0.15) is 17.2 Å². The highest BCUT2D eigenvalue weighted by atomic mass is 16.5. The van der Waals surface area contributed by atoms with Gasteiger partial charge in [0.25, 0.3) is 11.8 Å². The molecule has 0 aromatic heterocycles. The quantitative estimate of drug-likeness (QED) is 0.182. The topological polar surface area (TPSA) is 125 Å². The Morgan fingerprint density at radius 1 is 0.804 bits per heavy atom. The minimum absolute atomic E-state index is 0.135. The average molecular weight is 684 g/mol. The van der Waals surface area contributed by atoms with Gasteiger partial charge in [-0.25, -0.2) is 0 Å². The summed E-state index contributed by atoms with van der Waals surface area (Å²) in [6, 6.07) is 28.5. The molecule has 6 atom stereocenters. The molecule has 4 aliphatic rings. The summed E-state index contributed by atoms with van der Waals surface area (Å²) in [4.78, 5) is 59.9. The number of anilines is 2.